The first-order valence-corrected chi connectivity index (χ1v) is 3.44. The Morgan fingerprint density at radius 1 is 1.80 bits per heavy atom. The molecule has 1 N–H and O–H groups in total. The van der Waals surface area contributed by atoms with Gasteiger partial charge in [-0.15, -0.1) is 18.9 Å². The molecule has 56 valence electrons. The summed E-state index contributed by atoms with van der Waals surface area (Å²) in [7, 11) is 0. The molecule has 0 saturated heterocycles. The number of rotatable bonds is 4. The van der Waals surface area contributed by atoms with E-state index in [0.717, 1.165) is 6.42 Å². The van der Waals surface area contributed by atoms with Crippen LogP contribution in [-0.2, 0) is 0 Å². The molecule has 10 heavy (non-hydrogen) atoms. The monoisotopic (exact) mass is 138 g/mol. The van der Waals surface area contributed by atoms with Gasteiger partial charge in [-0.1, -0.05) is 13.0 Å². The van der Waals surface area contributed by atoms with Crippen LogP contribution in [0.15, 0.2) is 12.7 Å². The molecule has 0 aromatic carbocycles. The molecule has 0 aliphatic heterocycles. The van der Waals surface area contributed by atoms with Crippen LogP contribution in [0.25, 0.3) is 0 Å². The maximum absolute atomic E-state index is 8.82. The van der Waals surface area contributed by atoms with E-state index in [9.17, 15) is 0 Å². The minimum Gasteiger partial charge on any atom is -0.396 e. The normalized spacial score (nSPS) is 15.3. The van der Waals surface area contributed by atoms with Crippen LogP contribution in [-0.4, -0.2) is 11.7 Å². The number of allylic oxidation sites excluding steroid dienone is 1. The van der Waals surface area contributed by atoms with Crippen molar-refractivity contribution in [1.29, 1.82) is 0 Å². The summed E-state index contributed by atoms with van der Waals surface area (Å²) in [5, 5.41) is 8.82. The van der Waals surface area contributed by atoms with Gasteiger partial charge in [-0.2, -0.15) is 0 Å². The minimum atomic E-state index is 0.142. The summed E-state index contributed by atoms with van der Waals surface area (Å²) in [5.41, 5.74) is 0. The van der Waals surface area contributed by atoms with Crippen LogP contribution in [0.2, 0.25) is 0 Å². The quantitative estimate of drug-likeness (QED) is 0.460. The average molecular weight is 138 g/mol. The van der Waals surface area contributed by atoms with Crippen molar-refractivity contribution in [2.75, 3.05) is 6.61 Å². The summed E-state index contributed by atoms with van der Waals surface area (Å²) in [6.07, 6.45) is 7.76. The molecule has 0 fully saturated rings. The molecule has 0 radical (unpaired) electrons. The van der Waals surface area contributed by atoms with Crippen molar-refractivity contribution < 1.29 is 5.11 Å². The molecule has 1 heteroatoms. The zero-order chi connectivity index (χ0) is 7.98. The molecule has 0 saturated carbocycles. The Morgan fingerprint density at radius 2 is 2.40 bits per heavy atom. The van der Waals surface area contributed by atoms with Crippen molar-refractivity contribution in [3.05, 3.63) is 12.7 Å². The van der Waals surface area contributed by atoms with E-state index < -0.39 is 0 Å². The fourth-order valence-electron chi connectivity index (χ4n) is 0.787. The summed E-state index contributed by atoms with van der Waals surface area (Å²) in [5.74, 6) is 2.92. The molecule has 2 atom stereocenters. The first-order chi connectivity index (χ1) is 4.76. The second-order valence-electron chi connectivity index (χ2n) is 2.42. The van der Waals surface area contributed by atoms with Crippen LogP contribution in [0.5, 0.6) is 0 Å². The molecule has 0 rings (SSSR count). The molecule has 0 amide bonds. The fourth-order valence-corrected chi connectivity index (χ4v) is 0.787. The smallest absolute Gasteiger partial charge is 0.0473 e. The lowest BCUT2D eigenvalue weighted by molar-refractivity contribution is 0.204. The third-order valence-electron chi connectivity index (χ3n) is 1.67. The van der Waals surface area contributed by atoms with E-state index in [4.69, 9.17) is 11.5 Å². The Kier molecular flexibility index (Phi) is 4.70. The van der Waals surface area contributed by atoms with Gasteiger partial charge in [-0.25, -0.2) is 0 Å². The highest BCUT2D eigenvalue weighted by Crippen LogP contribution is 2.13. The van der Waals surface area contributed by atoms with Gasteiger partial charge in [-0.3, -0.25) is 0 Å². The first kappa shape index (κ1) is 9.26. The van der Waals surface area contributed by atoms with Crippen LogP contribution in [0, 0.1) is 24.2 Å². The predicted molar refractivity (Wildman–Crippen MR) is 43.4 cm³/mol. The maximum Gasteiger partial charge on any atom is 0.0473 e. The molecule has 0 aliphatic carbocycles. The largest absolute Gasteiger partial charge is 0.396 e. The maximum atomic E-state index is 8.82. The number of hydrogen-bond acceptors (Lipinski definition) is 1. The molecule has 0 aliphatic rings. The van der Waals surface area contributed by atoms with Crippen LogP contribution < -0.4 is 0 Å². The van der Waals surface area contributed by atoms with Gasteiger partial charge in [0.1, 0.15) is 0 Å². The Morgan fingerprint density at radius 3 is 2.70 bits per heavy atom. The van der Waals surface area contributed by atoms with E-state index in [1.165, 1.54) is 0 Å². The second kappa shape index (κ2) is 5.08. The highest BCUT2D eigenvalue weighted by atomic mass is 16.3. The van der Waals surface area contributed by atoms with E-state index in [1.807, 2.05) is 6.92 Å². The van der Waals surface area contributed by atoms with Gasteiger partial charge >= 0.3 is 0 Å². The van der Waals surface area contributed by atoms with Crippen LogP contribution >= 0.6 is 0 Å². The van der Waals surface area contributed by atoms with Crippen LogP contribution in [0.4, 0.5) is 0 Å². The number of hydrogen-bond donors (Lipinski definition) is 1. The van der Waals surface area contributed by atoms with Gasteiger partial charge in [0.2, 0.25) is 0 Å². The molecule has 0 spiro atoms. The van der Waals surface area contributed by atoms with E-state index >= 15 is 0 Å². The predicted octanol–water partition coefficient (Wildman–Crippen LogP) is 1.44. The molecule has 2 unspecified atom stereocenters. The van der Waals surface area contributed by atoms with Crippen molar-refractivity contribution in [1.82, 2.24) is 0 Å². The van der Waals surface area contributed by atoms with E-state index in [-0.39, 0.29) is 18.4 Å². The number of aliphatic hydroxyl groups is 1. The molecular weight excluding hydrogens is 124 g/mol. The van der Waals surface area contributed by atoms with Gasteiger partial charge in [-0.05, 0) is 12.3 Å². The summed E-state index contributed by atoms with van der Waals surface area (Å²) in [6.45, 7) is 5.67. The second-order valence-corrected chi connectivity index (χ2v) is 2.42. The Labute approximate surface area is 62.8 Å². The van der Waals surface area contributed by atoms with Crippen molar-refractivity contribution in [2.24, 2.45) is 11.8 Å². The van der Waals surface area contributed by atoms with Crippen molar-refractivity contribution in [2.45, 2.75) is 13.3 Å². The highest BCUT2D eigenvalue weighted by molar-refractivity contribution is 4.95. The standard InChI is InChI=1S/C9H14O/c1-4-6-9(7-10)8(3)5-2/h2,4,8-10H,1,6-7H2,3H3. The molecule has 0 heterocycles. The van der Waals surface area contributed by atoms with E-state index in [2.05, 4.69) is 12.5 Å². The zero-order valence-electron chi connectivity index (χ0n) is 6.38. The lowest BCUT2D eigenvalue weighted by atomic mass is 9.93. The fraction of sp³-hybridized carbons (Fsp3) is 0.556. The summed E-state index contributed by atoms with van der Waals surface area (Å²) in [6, 6.07) is 0. The summed E-state index contributed by atoms with van der Waals surface area (Å²) < 4.78 is 0. The molecule has 1 nitrogen and oxygen atoms in total. The average Bonchev–Trinajstić information content (AvgIpc) is 1.99. The SMILES string of the molecule is C#CC(C)C(CO)CC=C. The lowest BCUT2D eigenvalue weighted by Crippen LogP contribution is -2.13. The van der Waals surface area contributed by atoms with Crippen LogP contribution in [0.1, 0.15) is 13.3 Å². The lowest BCUT2D eigenvalue weighted by Gasteiger charge is -2.14. The van der Waals surface area contributed by atoms with Crippen molar-refractivity contribution >= 4 is 0 Å². The Balaban J connectivity index is 3.82. The summed E-state index contributed by atoms with van der Waals surface area (Å²) >= 11 is 0. The molecule has 0 bridgehead atoms. The van der Waals surface area contributed by atoms with E-state index in [1.54, 1.807) is 6.08 Å². The van der Waals surface area contributed by atoms with Gasteiger partial charge in [0.05, 0.1) is 0 Å². The third-order valence-corrected chi connectivity index (χ3v) is 1.67. The van der Waals surface area contributed by atoms with Gasteiger partial charge in [0.25, 0.3) is 0 Å². The summed E-state index contributed by atoms with van der Waals surface area (Å²) in [4.78, 5) is 0. The Bertz CT molecular complexity index is 132. The van der Waals surface area contributed by atoms with E-state index in [0.29, 0.717) is 0 Å². The van der Waals surface area contributed by atoms with Crippen molar-refractivity contribution in [3.8, 4) is 12.3 Å². The molecule has 0 aromatic heterocycles. The highest BCUT2D eigenvalue weighted by Gasteiger charge is 2.11. The minimum absolute atomic E-state index is 0.142. The van der Waals surface area contributed by atoms with Crippen molar-refractivity contribution in [3.63, 3.8) is 0 Å². The molecule has 0 aromatic rings. The zero-order valence-corrected chi connectivity index (χ0v) is 6.38. The third kappa shape index (κ3) is 2.70. The number of aliphatic hydroxyl groups excluding tert-OH is 1. The van der Waals surface area contributed by atoms with Gasteiger partial charge < -0.3 is 5.11 Å². The number of terminal acetylenes is 1. The first-order valence-electron chi connectivity index (χ1n) is 3.44. The van der Waals surface area contributed by atoms with Crippen LogP contribution in [0.3, 0.4) is 0 Å². The Hall–Kier alpha value is -0.740. The molecular formula is C9H14O. The van der Waals surface area contributed by atoms with Gasteiger partial charge in [0, 0.05) is 12.5 Å². The van der Waals surface area contributed by atoms with Gasteiger partial charge in [0.15, 0.2) is 0 Å². The topological polar surface area (TPSA) is 20.2 Å².